The molecule has 1 heterocycles. The van der Waals surface area contributed by atoms with Gasteiger partial charge in [0.15, 0.2) is 0 Å². The van der Waals surface area contributed by atoms with E-state index in [2.05, 4.69) is 15.9 Å². The summed E-state index contributed by atoms with van der Waals surface area (Å²) >= 11 is 16.0. The van der Waals surface area contributed by atoms with Crippen molar-refractivity contribution in [2.24, 2.45) is 5.10 Å². The molecule has 0 N–H and O–H groups in total. The van der Waals surface area contributed by atoms with Crippen LogP contribution in [0.3, 0.4) is 0 Å². The van der Waals surface area contributed by atoms with E-state index in [1.54, 1.807) is 18.3 Å². The summed E-state index contributed by atoms with van der Waals surface area (Å²) in [6, 6.07) is 22.9. The van der Waals surface area contributed by atoms with Crippen molar-refractivity contribution in [1.29, 1.82) is 0 Å². The fourth-order valence-corrected chi connectivity index (χ4v) is 6.17. The second kappa shape index (κ2) is 11.7. The summed E-state index contributed by atoms with van der Waals surface area (Å²) in [6.45, 7) is 0.258. The largest absolute Gasteiger partial charge is 0.488 e. The number of nitrogens with zero attached hydrogens (tertiary/aromatic N) is 3. The first-order valence-electron chi connectivity index (χ1n) is 13.3. The lowest BCUT2D eigenvalue weighted by Gasteiger charge is -2.23. The molecule has 0 spiro atoms. The van der Waals surface area contributed by atoms with E-state index in [-0.39, 0.29) is 18.1 Å². The summed E-state index contributed by atoms with van der Waals surface area (Å²) < 4.78 is 8.59. The molecule has 5 aromatic rings. The highest BCUT2D eigenvalue weighted by atomic mass is 79.9. The SMILES string of the molecule is O=c1c2cc(Br)ccc2nc(C2CCCCC2)n1N=Cc1c(OCc2ccc(Cl)cc2Cl)ccc2ccccc12. The summed E-state index contributed by atoms with van der Waals surface area (Å²) in [6.07, 6.45) is 7.16. The number of hydrogen-bond donors (Lipinski definition) is 0. The minimum atomic E-state index is -0.182. The molecular formula is C32H26BrCl2N3O2. The van der Waals surface area contributed by atoms with Gasteiger partial charge < -0.3 is 4.74 Å². The molecule has 40 heavy (non-hydrogen) atoms. The number of fused-ring (bicyclic) bond motifs is 2. The molecule has 0 atom stereocenters. The molecule has 0 amide bonds. The number of rotatable bonds is 6. The Labute approximate surface area is 250 Å². The van der Waals surface area contributed by atoms with Gasteiger partial charge in [-0.3, -0.25) is 4.79 Å². The van der Waals surface area contributed by atoms with Crippen LogP contribution in [-0.4, -0.2) is 15.9 Å². The quantitative estimate of drug-likeness (QED) is 0.175. The van der Waals surface area contributed by atoms with Gasteiger partial charge in [-0.1, -0.05) is 94.8 Å². The molecule has 0 bridgehead atoms. The van der Waals surface area contributed by atoms with Gasteiger partial charge in [-0.15, -0.1) is 0 Å². The maximum absolute atomic E-state index is 13.8. The zero-order valence-electron chi connectivity index (χ0n) is 21.6. The predicted octanol–water partition coefficient (Wildman–Crippen LogP) is 9.13. The average molecular weight is 635 g/mol. The molecule has 1 fully saturated rings. The van der Waals surface area contributed by atoms with Crippen molar-refractivity contribution < 1.29 is 4.74 Å². The average Bonchev–Trinajstić information content (AvgIpc) is 2.97. The van der Waals surface area contributed by atoms with Crippen LogP contribution in [0.15, 0.2) is 87.2 Å². The number of hydrogen-bond acceptors (Lipinski definition) is 4. The van der Waals surface area contributed by atoms with Crippen LogP contribution >= 0.6 is 39.1 Å². The van der Waals surface area contributed by atoms with Crippen LogP contribution in [0.25, 0.3) is 21.7 Å². The van der Waals surface area contributed by atoms with Crippen molar-refractivity contribution in [2.75, 3.05) is 0 Å². The van der Waals surface area contributed by atoms with Crippen molar-refractivity contribution in [2.45, 2.75) is 44.6 Å². The molecule has 0 unspecified atom stereocenters. The Morgan fingerprint density at radius 1 is 0.975 bits per heavy atom. The summed E-state index contributed by atoms with van der Waals surface area (Å²) in [5.41, 5.74) is 2.11. The lowest BCUT2D eigenvalue weighted by molar-refractivity contribution is 0.306. The molecule has 0 aliphatic heterocycles. The van der Waals surface area contributed by atoms with Crippen molar-refractivity contribution in [3.63, 3.8) is 0 Å². The zero-order chi connectivity index (χ0) is 27.6. The zero-order valence-corrected chi connectivity index (χ0v) is 24.7. The van der Waals surface area contributed by atoms with Gasteiger partial charge in [-0.25, -0.2) is 4.98 Å². The second-order valence-corrected chi connectivity index (χ2v) is 11.8. The minimum Gasteiger partial charge on any atom is -0.488 e. The van der Waals surface area contributed by atoms with Gasteiger partial charge in [0.05, 0.1) is 17.1 Å². The summed E-state index contributed by atoms with van der Waals surface area (Å²) in [7, 11) is 0. The second-order valence-electron chi connectivity index (χ2n) is 10.1. The third kappa shape index (κ3) is 5.53. The fourth-order valence-electron chi connectivity index (χ4n) is 5.35. The van der Waals surface area contributed by atoms with E-state index < -0.39 is 0 Å². The number of halogens is 3. The Bertz CT molecular complexity index is 1810. The van der Waals surface area contributed by atoms with E-state index in [0.29, 0.717) is 32.5 Å². The molecule has 1 aromatic heterocycles. The molecule has 202 valence electrons. The molecule has 0 saturated heterocycles. The molecule has 6 rings (SSSR count). The van der Waals surface area contributed by atoms with Crippen molar-refractivity contribution in [1.82, 2.24) is 9.66 Å². The van der Waals surface area contributed by atoms with Gasteiger partial charge in [0.25, 0.3) is 5.56 Å². The van der Waals surface area contributed by atoms with E-state index in [9.17, 15) is 4.79 Å². The smallest absolute Gasteiger partial charge is 0.282 e. The Hall–Kier alpha value is -3.19. The van der Waals surface area contributed by atoms with Gasteiger partial charge in [-0.2, -0.15) is 9.78 Å². The van der Waals surface area contributed by atoms with Crippen LogP contribution in [0.1, 0.15) is 55.0 Å². The lowest BCUT2D eigenvalue weighted by atomic mass is 9.88. The van der Waals surface area contributed by atoms with Crippen molar-refractivity contribution in [3.8, 4) is 5.75 Å². The molecule has 5 nitrogen and oxygen atoms in total. The highest BCUT2D eigenvalue weighted by Crippen LogP contribution is 2.33. The molecule has 8 heteroatoms. The van der Waals surface area contributed by atoms with E-state index in [0.717, 1.165) is 52.1 Å². The van der Waals surface area contributed by atoms with Crippen molar-refractivity contribution in [3.05, 3.63) is 115 Å². The molecular weight excluding hydrogens is 609 g/mol. The van der Waals surface area contributed by atoms with Gasteiger partial charge in [-0.05, 0) is 60.0 Å². The first-order chi connectivity index (χ1) is 19.5. The normalized spacial score (nSPS) is 14.4. The van der Waals surface area contributed by atoms with E-state index >= 15 is 0 Å². The first-order valence-corrected chi connectivity index (χ1v) is 14.9. The van der Waals surface area contributed by atoms with Crippen LogP contribution < -0.4 is 10.3 Å². The van der Waals surface area contributed by atoms with E-state index in [1.807, 2.05) is 60.7 Å². The Morgan fingerprint density at radius 2 is 1.80 bits per heavy atom. The standard InChI is InChI=1S/C32H26BrCl2N3O2/c33-23-12-14-29-26(16-23)32(39)38(31(37-29)21-7-2-1-3-8-21)36-18-27-25-9-5-4-6-20(25)11-15-30(27)40-19-22-10-13-24(34)17-28(22)35/h4-6,9-18,21H,1-3,7-8,19H2. The summed E-state index contributed by atoms with van der Waals surface area (Å²) in [4.78, 5) is 18.8. The fraction of sp³-hybridized carbons (Fsp3) is 0.219. The Morgan fingerprint density at radius 3 is 2.62 bits per heavy atom. The van der Waals surface area contributed by atoms with E-state index in [1.165, 1.54) is 11.1 Å². The molecule has 1 aliphatic carbocycles. The first kappa shape index (κ1) is 27.0. The number of ether oxygens (including phenoxy) is 1. The highest BCUT2D eigenvalue weighted by molar-refractivity contribution is 9.10. The number of benzene rings is 4. The lowest BCUT2D eigenvalue weighted by Crippen LogP contribution is -2.25. The minimum absolute atomic E-state index is 0.182. The number of aromatic nitrogens is 2. The maximum atomic E-state index is 13.8. The maximum Gasteiger partial charge on any atom is 0.282 e. The van der Waals surface area contributed by atoms with Crippen molar-refractivity contribution >= 4 is 67.0 Å². The van der Waals surface area contributed by atoms with Gasteiger partial charge in [0.1, 0.15) is 18.2 Å². The van der Waals surface area contributed by atoms with Gasteiger partial charge in [0, 0.05) is 31.6 Å². The molecule has 0 radical (unpaired) electrons. The van der Waals surface area contributed by atoms with Gasteiger partial charge in [0.2, 0.25) is 0 Å². The highest BCUT2D eigenvalue weighted by Gasteiger charge is 2.23. The molecule has 1 saturated carbocycles. The third-order valence-electron chi connectivity index (χ3n) is 7.43. The topological polar surface area (TPSA) is 56.5 Å². The molecule has 1 aliphatic rings. The summed E-state index contributed by atoms with van der Waals surface area (Å²) in [5, 5.41) is 8.45. The third-order valence-corrected chi connectivity index (χ3v) is 8.52. The Balaban J connectivity index is 1.46. The van der Waals surface area contributed by atoms with E-state index in [4.69, 9.17) is 38.0 Å². The predicted molar refractivity (Wildman–Crippen MR) is 167 cm³/mol. The van der Waals surface area contributed by atoms with Crippen LogP contribution in [-0.2, 0) is 6.61 Å². The van der Waals surface area contributed by atoms with Crippen LogP contribution in [0.4, 0.5) is 0 Å². The molecule has 4 aromatic carbocycles. The van der Waals surface area contributed by atoms with Gasteiger partial charge >= 0.3 is 0 Å². The van der Waals surface area contributed by atoms with Crippen LogP contribution in [0.5, 0.6) is 5.75 Å². The summed E-state index contributed by atoms with van der Waals surface area (Å²) in [5.74, 6) is 1.53. The monoisotopic (exact) mass is 633 g/mol. The van der Waals surface area contributed by atoms with Crippen LogP contribution in [0, 0.1) is 0 Å². The van der Waals surface area contributed by atoms with Crippen LogP contribution in [0.2, 0.25) is 10.0 Å². The Kier molecular flexibility index (Phi) is 7.92.